The van der Waals surface area contributed by atoms with Gasteiger partial charge in [-0.05, 0) is 35.7 Å². The maximum atomic E-state index is 13.3. The molecule has 2 heterocycles. The first-order chi connectivity index (χ1) is 14.1. The monoisotopic (exact) mass is 383 g/mol. The minimum Gasteiger partial charge on any atom is -0.507 e. The summed E-state index contributed by atoms with van der Waals surface area (Å²) in [5.41, 5.74) is 5.08. The van der Waals surface area contributed by atoms with Crippen molar-refractivity contribution in [2.75, 3.05) is 0 Å². The molecule has 0 radical (unpaired) electrons. The van der Waals surface area contributed by atoms with Gasteiger partial charge in [0.1, 0.15) is 17.1 Å². The zero-order chi connectivity index (χ0) is 20.0. The number of aryl methyl sites for hydroxylation is 1. The molecule has 1 aliphatic rings. The molecule has 0 unspecified atom stereocenters. The van der Waals surface area contributed by atoms with Crippen LogP contribution in [0.1, 0.15) is 22.5 Å². The normalized spacial score (nSPS) is 13.7. The average Bonchev–Trinajstić information content (AvgIpc) is 3.14. The molecule has 0 aliphatic carbocycles. The Balaban J connectivity index is 1.60. The van der Waals surface area contributed by atoms with Gasteiger partial charge < -0.3 is 9.52 Å². The van der Waals surface area contributed by atoms with E-state index >= 15 is 0 Å². The summed E-state index contributed by atoms with van der Waals surface area (Å²) >= 11 is 0. The van der Waals surface area contributed by atoms with Gasteiger partial charge in [-0.15, -0.1) is 0 Å². The summed E-state index contributed by atoms with van der Waals surface area (Å²) in [6.07, 6.45) is 0. The molecular weight excluding hydrogens is 362 g/mol. The zero-order valence-corrected chi connectivity index (χ0v) is 16.2. The summed E-state index contributed by atoms with van der Waals surface area (Å²) in [6, 6.07) is 21.2. The molecule has 4 aromatic rings. The molecule has 0 bridgehead atoms. The predicted octanol–water partition coefficient (Wildman–Crippen LogP) is 4.99. The highest BCUT2D eigenvalue weighted by Crippen LogP contribution is 2.33. The molecule has 5 rings (SSSR count). The standard InChI is InChI=1S/C25H21NO3/c1-16-23(17-7-3-2-4-8-17)24(28)20-11-12-22(27)21(25(20)29-16)15-26-13-18-9-5-6-10-19(18)14-26/h2-12,27H,13-15H2,1H3. The molecule has 1 N–H and O–H groups in total. The van der Waals surface area contributed by atoms with Crippen LogP contribution in [0.15, 0.2) is 75.9 Å². The van der Waals surface area contributed by atoms with Crippen LogP contribution in [0.4, 0.5) is 0 Å². The number of phenolic OH excluding ortho intramolecular Hbond substituents is 1. The van der Waals surface area contributed by atoms with Gasteiger partial charge in [0.05, 0.1) is 16.5 Å². The van der Waals surface area contributed by atoms with Gasteiger partial charge in [-0.3, -0.25) is 9.69 Å². The SMILES string of the molecule is Cc1oc2c(CN3Cc4ccccc4C3)c(O)ccc2c(=O)c1-c1ccccc1. The first kappa shape index (κ1) is 17.7. The molecule has 29 heavy (non-hydrogen) atoms. The summed E-state index contributed by atoms with van der Waals surface area (Å²) in [6.45, 7) is 3.96. The number of fused-ring (bicyclic) bond motifs is 2. The van der Waals surface area contributed by atoms with E-state index < -0.39 is 0 Å². The van der Waals surface area contributed by atoms with E-state index in [1.807, 2.05) is 49.4 Å². The molecule has 0 saturated carbocycles. The number of hydrogen-bond acceptors (Lipinski definition) is 4. The molecule has 0 fully saturated rings. The fourth-order valence-electron chi connectivity index (χ4n) is 4.24. The molecule has 4 heteroatoms. The maximum absolute atomic E-state index is 13.3. The molecule has 1 aromatic heterocycles. The van der Waals surface area contributed by atoms with E-state index in [9.17, 15) is 9.90 Å². The van der Waals surface area contributed by atoms with Gasteiger partial charge in [0.2, 0.25) is 5.43 Å². The molecular formula is C25H21NO3. The third-order valence-electron chi connectivity index (χ3n) is 5.67. The number of rotatable bonds is 3. The van der Waals surface area contributed by atoms with Gasteiger partial charge in [-0.2, -0.15) is 0 Å². The first-order valence-electron chi connectivity index (χ1n) is 9.74. The lowest BCUT2D eigenvalue weighted by Crippen LogP contribution is -2.17. The zero-order valence-electron chi connectivity index (χ0n) is 16.2. The summed E-state index contributed by atoms with van der Waals surface area (Å²) in [4.78, 5) is 15.5. The van der Waals surface area contributed by atoms with Crippen molar-refractivity contribution in [1.29, 1.82) is 0 Å². The van der Waals surface area contributed by atoms with Crippen LogP contribution in [0, 0.1) is 6.92 Å². The predicted molar refractivity (Wildman–Crippen MR) is 114 cm³/mol. The Hall–Kier alpha value is -3.37. The highest BCUT2D eigenvalue weighted by Gasteiger charge is 2.23. The van der Waals surface area contributed by atoms with Crippen LogP contribution in [0.25, 0.3) is 22.1 Å². The number of phenols is 1. The molecule has 0 saturated heterocycles. The topological polar surface area (TPSA) is 53.7 Å². The quantitative estimate of drug-likeness (QED) is 0.541. The lowest BCUT2D eigenvalue weighted by Gasteiger charge is -2.17. The van der Waals surface area contributed by atoms with E-state index in [1.165, 1.54) is 11.1 Å². The van der Waals surface area contributed by atoms with Gasteiger partial charge in [0.25, 0.3) is 0 Å². The van der Waals surface area contributed by atoms with Gasteiger partial charge in [0, 0.05) is 19.6 Å². The number of hydrogen-bond donors (Lipinski definition) is 1. The van der Waals surface area contributed by atoms with Gasteiger partial charge in [-0.1, -0.05) is 54.6 Å². The van der Waals surface area contributed by atoms with Crippen molar-refractivity contribution in [3.63, 3.8) is 0 Å². The van der Waals surface area contributed by atoms with Crippen LogP contribution in [0.2, 0.25) is 0 Å². The molecule has 3 aromatic carbocycles. The van der Waals surface area contributed by atoms with Crippen LogP contribution in [0.3, 0.4) is 0 Å². The van der Waals surface area contributed by atoms with Crippen molar-refractivity contribution in [1.82, 2.24) is 4.90 Å². The average molecular weight is 383 g/mol. The van der Waals surface area contributed by atoms with E-state index in [1.54, 1.807) is 12.1 Å². The highest BCUT2D eigenvalue weighted by molar-refractivity contribution is 5.86. The van der Waals surface area contributed by atoms with E-state index in [2.05, 4.69) is 17.0 Å². The van der Waals surface area contributed by atoms with Crippen molar-refractivity contribution in [2.45, 2.75) is 26.6 Å². The van der Waals surface area contributed by atoms with Crippen molar-refractivity contribution in [2.24, 2.45) is 0 Å². The molecule has 0 amide bonds. The summed E-state index contributed by atoms with van der Waals surface area (Å²) < 4.78 is 6.14. The largest absolute Gasteiger partial charge is 0.507 e. The summed E-state index contributed by atoms with van der Waals surface area (Å²) in [7, 11) is 0. The Morgan fingerprint density at radius 1 is 0.931 bits per heavy atom. The minimum absolute atomic E-state index is 0.0686. The Morgan fingerprint density at radius 2 is 1.59 bits per heavy atom. The lowest BCUT2D eigenvalue weighted by atomic mass is 10.0. The van der Waals surface area contributed by atoms with Crippen molar-refractivity contribution >= 4 is 11.0 Å². The van der Waals surface area contributed by atoms with Crippen LogP contribution in [-0.2, 0) is 19.6 Å². The van der Waals surface area contributed by atoms with Crippen molar-refractivity contribution in [3.05, 3.63) is 99.4 Å². The number of nitrogens with zero attached hydrogens (tertiary/aromatic N) is 1. The maximum Gasteiger partial charge on any atom is 0.200 e. The van der Waals surface area contributed by atoms with Crippen molar-refractivity contribution < 1.29 is 9.52 Å². The smallest absolute Gasteiger partial charge is 0.200 e. The van der Waals surface area contributed by atoms with E-state index in [4.69, 9.17) is 4.42 Å². The molecule has 1 aliphatic heterocycles. The van der Waals surface area contributed by atoms with E-state index in [0.717, 1.165) is 18.7 Å². The molecule has 0 atom stereocenters. The fourth-order valence-corrected chi connectivity index (χ4v) is 4.24. The second-order valence-corrected chi connectivity index (χ2v) is 7.58. The minimum atomic E-state index is -0.0686. The third-order valence-corrected chi connectivity index (χ3v) is 5.67. The van der Waals surface area contributed by atoms with Gasteiger partial charge in [0.15, 0.2) is 0 Å². The van der Waals surface area contributed by atoms with E-state index in [0.29, 0.717) is 34.4 Å². The number of benzene rings is 3. The second kappa shape index (κ2) is 6.90. The van der Waals surface area contributed by atoms with Crippen LogP contribution in [-0.4, -0.2) is 10.0 Å². The van der Waals surface area contributed by atoms with Crippen LogP contribution in [0.5, 0.6) is 5.75 Å². The lowest BCUT2D eigenvalue weighted by molar-refractivity contribution is 0.271. The van der Waals surface area contributed by atoms with Crippen LogP contribution < -0.4 is 5.43 Å². The fraction of sp³-hybridized carbons (Fsp3) is 0.160. The number of aromatic hydroxyl groups is 1. The summed E-state index contributed by atoms with van der Waals surface area (Å²) in [5.74, 6) is 0.716. The Kier molecular flexibility index (Phi) is 4.22. The van der Waals surface area contributed by atoms with Gasteiger partial charge >= 0.3 is 0 Å². The molecule has 4 nitrogen and oxygen atoms in total. The summed E-state index contributed by atoms with van der Waals surface area (Å²) in [5, 5.41) is 11.1. The molecule has 0 spiro atoms. The highest BCUT2D eigenvalue weighted by atomic mass is 16.3. The van der Waals surface area contributed by atoms with E-state index in [-0.39, 0.29) is 11.2 Å². The van der Waals surface area contributed by atoms with Crippen LogP contribution >= 0.6 is 0 Å². The van der Waals surface area contributed by atoms with Gasteiger partial charge in [-0.25, -0.2) is 0 Å². The Bertz CT molecular complexity index is 1250. The first-order valence-corrected chi connectivity index (χ1v) is 9.74. The van der Waals surface area contributed by atoms with Crippen molar-refractivity contribution in [3.8, 4) is 16.9 Å². The Labute approximate surface area is 168 Å². The third kappa shape index (κ3) is 3.02. The molecule has 144 valence electrons. The second-order valence-electron chi connectivity index (χ2n) is 7.58. The Morgan fingerprint density at radius 3 is 2.28 bits per heavy atom.